The molecule has 0 aliphatic rings. The van der Waals surface area contributed by atoms with Crippen molar-refractivity contribution in [3.63, 3.8) is 0 Å². The smallest absolute Gasteiger partial charge is 0.122 e. The zero-order valence-electron chi connectivity index (χ0n) is 7.26. The monoisotopic (exact) mass is 166 g/mol. The summed E-state index contributed by atoms with van der Waals surface area (Å²) in [7, 11) is 0. The van der Waals surface area contributed by atoms with E-state index in [2.05, 4.69) is 13.2 Å². The highest BCUT2D eigenvalue weighted by atomic mass is 16.5. The van der Waals surface area contributed by atoms with E-state index in [1.807, 2.05) is 6.92 Å². The molecule has 0 aliphatic heterocycles. The Morgan fingerprint density at radius 1 is 1.67 bits per heavy atom. The summed E-state index contributed by atoms with van der Waals surface area (Å²) in [6, 6.07) is 0. The van der Waals surface area contributed by atoms with Crippen molar-refractivity contribution in [2.24, 2.45) is 5.73 Å². The molecule has 0 fully saturated rings. The second-order valence-corrected chi connectivity index (χ2v) is 2.07. The van der Waals surface area contributed by atoms with Gasteiger partial charge in [-0.3, -0.25) is 0 Å². The Morgan fingerprint density at radius 2 is 2.25 bits per heavy atom. The lowest BCUT2D eigenvalue weighted by molar-refractivity contribution is 0.241. The summed E-state index contributed by atoms with van der Waals surface area (Å²) in [5.74, 6) is 0.407. The fourth-order valence-corrected chi connectivity index (χ4v) is 0.687. The number of ether oxygens (including phenoxy) is 1. The number of rotatable bonds is 5. The van der Waals surface area contributed by atoms with E-state index in [9.17, 15) is 0 Å². The summed E-state index contributed by atoms with van der Waals surface area (Å²) in [6.07, 6.45) is 2.57. The summed E-state index contributed by atoms with van der Waals surface area (Å²) in [5, 5.41) is 7.05. The van der Waals surface area contributed by atoms with Gasteiger partial charge in [-0.15, -0.1) is 0 Å². The molecule has 0 bridgehead atoms. The summed E-state index contributed by atoms with van der Waals surface area (Å²) in [5.41, 5.74) is 6.41. The first-order valence-corrected chi connectivity index (χ1v) is 3.62. The van der Waals surface area contributed by atoms with Crippen molar-refractivity contribution in [1.29, 1.82) is 5.41 Å². The minimum absolute atomic E-state index is 0.406. The first kappa shape index (κ1) is 10.5. The molecule has 0 aromatic carbocycles. The van der Waals surface area contributed by atoms with Gasteiger partial charge in [0.25, 0.3) is 0 Å². The number of allylic oxidation sites excluding steroid dienone is 2. The average molecular weight is 166 g/mol. The minimum Gasteiger partial charge on any atom is -0.494 e. The van der Waals surface area contributed by atoms with Gasteiger partial charge in [0, 0.05) is 11.9 Å². The standard InChI is InChI=1S/C9H14N2O/c1-4-9(11)8(6-10)7(3)12-5-2/h4,6,10H,1,3,5,11H2,2H3/b9-8+,10-6?. The van der Waals surface area contributed by atoms with Crippen LogP contribution in [0.3, 0.4) is 0 Å². The summed E-state index contributed by atoms with van der Waals surface area (Å²) in [4.78, 5) is 0. The van der Waals surface area contributed by atoms with Crippen molar-refractivity contribution < 1.29 is 4.74 Å². The van der Waals surface area contributed by atoms with Crippen LogP contribution < -0.4 is 5.73 Å². The lowest BCUT2D eigenvalue weighted by Crippen LogP contribution is -2.04. The van der Waals surface area contributed by atoms with Gasteiger partial charge in [-0.05, 0) is 13.0 Å². The van der Waals surface area contributed by atoms with Crippen molar-refractivity contribution in [3.05, 3.63) is 36.3 Å². The van der Waals surface area contributed by atoms with Gasteiger partial charge < -0.3 is 15.9 Å². The van der Waals surface area contributed by atoms with Gasteiger partial charge in [0.2, 0.25) is 0 Å². The number of hydrogen-bond donors (Lipinski definition) is 2. The molecule has 12 heavy (non-hydrogen) atoms. The number of hydrogen-bond acceptors (Lipinski definition) is 3. The molecule has 0 spiro atoms. The molecule has 0 rings (SSSR count). The molecule has 66 valence electrons. The molecule has 0 saturated heterocycles. The maximum Gasteiger partial charge on any atom is 0.122 e. The predicted molar refractivity (Wildman–Crippen MR) is 51.0 cm³/mol. The van der Waals surface area contributed by atoms with Crippen molar-refractivity contribution in [2.45, 2.75) is 6.92 Å². The first-order valence-electron chi connectivity index (χ1n) is 3.62. The van der Waals surface area contributed by atoms with Crippen LogP contribution in [0.4, 0.5) is 0 Å². The van der Waals surface area contributed by atoms with Gasteiger partial charge in [0.1, 0.15) is 5.76 Å². The highest BCUT2D eigenvalue weighted by Gasteiger charge is 2.02. The molecule has 0 heterocycles. The zero-order chi connectivity index (χ0) is 9.56. The van der Waals surface area contributed by atoms with Crippen LogP contribution in [0.25, 0.3) is 0 Å². The quantitative estimate of drug-likeness (QED) is 0.370. The maximum absolute atomic E-state index is 7.05. The average Bonchev–Trinajstić information content (AvgIpc) is 2.06. The van der Waals surface area contributed by atoms with Crippen molar-refractivity contribution in [1.82, 2.24) is 0 Å². The van der Waals surface area contributed by atoms with E-state index < -0.39 is 0 Å². The second-order valence-electron chi connectivity index (χ2n) is 2.07. The van der Waals surface area contributed by atoms with E-state index >= 15 is 0 Å². The highest BCUT2D eigenvalue weighted by molar-refractivity contribution is 5.82. The molecule has 0 aromatic heterocycles. The Hall–Kier alpha value is -1.51. The molecule has 0 unspecified atom stereocenters. The molecule has 0 radical (unpaired) electrons. The van der Waals surface area contributed by atoms with Crippen LogP contribution in [-0.4, -0.2) is 12.8 Å². The summed E-state index contributed by atoms with van der Waals surface area (Å²) in [6.45, 7) is 9.47. The molecule has 3 heteroatoms. The topological polar surface area (TPSA) is 59.1 Å². The molecule has 0 aliphatic carbocycles. The largest absolute Gasteiger partial charge is 0.494 e. The van der Waals surface area contributed by atoms with E-state index in [0.29, 0.717) is 23.6 Å². The minimum atomic E-state index is 0.406. The van der Waals surface area contributed by atoms with E-state index in [-0.39, 0.29) is 0 Å². The Morgan fingerprint density at radius 3 is 2.58 bits per heavy atom. The van der Waals surface area contributed by atoms with Crippen LogP contribution in [0.5, 0.6) is 0 Å². The first-order chi connectivity index (χ1) is 5.67. The third kappa shape index (κ3) is 2.62. The van der Waals surface area contributed by atoms with E-state index in [0.717, 1.165) is 6.21 Å². The summed E-state index contributed by atoms with van der Waals surface area (Å²) < 4.78 is 5.09. The molecule has 3 nitrogen and oxygen atoms in total. The predicted octanol–water partition coefficient (Wildman–Crippen LogP) is 1.58. The van der Waals surface area contributed by atoms with Crippen LogP contribution in [0, 0.1) is 5.41 Å². The molecule has 0 amide bonds. The van der Waals surface area contributed by atoms with E-state index in [1.165, 1.54) is 6.08 Å². The van der Waals surface area contributed by atoms with E-state index in [4.69, 9.17) is 15.9 Å². The molecule has 0 atom stereocenters. The lowest BCUT2D eigenvalue weighted by Gasteiger charge is -2.08. The van der Waals surface area contributed by atoms with Crippen LogP contribution in [-0.2, 0) is 4.74 Å². The Balaban J connectivity index is 4.66. The Labute approximate surface area is 72.7 Å². The number of nitrogens with two attached hydrogens (primary N) is 1. The zero-order valence-corrected chi connectivity index (χ0v) is 7.26. The van der Waals surface area contributed by atoms with Gasteiger partial charge in [-0.1, -0.05) is 13.2 Å². The highest BCUT2D eigenvalue weighted by Crippen LogP contribution is 2.09. The lowest BCUT2D eigenvalue weighted by atomic mass is 10.2. The van der Waals surface area contributed by atoms with Crippen LogP contribution in [0.1, 0.15) is 6.92 Å². The second kappa shape index (κ2) is 5.18. The summed E-state index contributed by atoms with van der Waals surface area (Å²) >= 11 is 0. The molecule has 3 N–H and O–H groups in total. The van der Waals surface area contributed by atoms with Crippen molar-refractivity contribution in [2.75, 3.05) is 6.61 Å². The fraction of sp³-hybridized carbons (Fsp3) is 0.222. The molecule has 0 saturated carbocycles. The van der Waals surface area contributed by atoms with Crippen LogP contribution in [0.15, 0.2) is 36.3 Å². The van der Waals surface area contributed by atoms with Crippen LogP contribution >= 0.6 is 0 Å². The molecule has 0 aromatic rings. The maximum atomic E-state index is 7.05. The normalized spacial score (nSPS) is 11.4. The van der Waals surface area contributed by atoms with Gasteiger partial charge in [0.05, 0.1) is 12.2 Å². The third-order valence-corrected chi connectivity index (χ3v) is 1.29. The third-order valence-electron chi connectivity index (χ3n) is 1.29. The van der Waals surface area contributed by atoms with E-state index in [1.54, 1.807) is 0 Å². The Bertz CT molecular complexity index is 229. The molecular formula is C9H14N2O. The van der Waals surface area contributed by atoms with Crippen molar-refractivity contribution >= 4 is 6.21 Å². The SMILES string of the molecule is C=C/C(N)=C(/C=N)C(=C)OCC. The fourth-order valence-electron chi connectivity index (χ4n) is 0.687. The van der Waals surface area contributed by atoms with Gasteiger partial charge >= 0.3 is 0 Å². The van der Waals surface area contributed by atoms with Gasteiger partial charge in [0.15, 0.2) is 0 Å². The van der Waals surface area contributed by atoms with Gasteiger partial charge in [-0.2, -0.15) is 0 Å². The van der Waals surface area contributed by atoms with Gasteiger partial charge in [-0.25, -0.2) is 0 Å². The number of nitrogens with one attached hydrogen (secondary N) is 1. The molecular weight excluding hydrogens is 152 g/mol. The van der Waals surface area contributed by atoms with Crippen LogP contribution in [0.2, 0.25) is 0 Å². The Kier molecular flexibility index (Phi) is 4.53. The van der Waals surface area contributed by atoms with Crippen molar-refractivity contribution in [3.8, 4) is 0 Å².